The lowest BCUT2D eigenvalue weighted by Gasteiger charge is -2.09. The molecule has 0 atom stereocenters. The van der Waals surface area contributed by atoms with Crippen molar-refractivity contribution in [3.05, 3.63) is 84.3 Å². The van der Waals surface area contributed by atoms with Crippen LogP contribution in [0.15, 0.2) is 77.6 Å². The molecule has 0 bridgehead atoms. The molecule has 35 heavy (non-hydrogen) atoms. The third kappa shape index (κ3) is 4.69. The standard InChI is InChI=1S/C24H16F3N5O3/c1-14-8-9-16(12-18(14)29-22(33)19-13-28-20-7-2-3-10-32(19)20)23-30-21(31-35-23)15-5-4-6-17(11-15)34-24(25,26)27/h2-13H,1H3,(H,29,33). The van der Waals surface area contributed by atoms with Crippen molar-refractivity contribution in [2.45, 2.75) is 13.3 Å². The number of rotatable bonds is 5. The third-order valence-electron chi connectivity index (χ3n) is 5.13. The van der Waals surface area contributed by atoms with Crippen LogP contribution in [-0.4, -0.2) is 31.8 Å². The molecule has 1 N–H and O–H groups in total. The average molecular weight is 479 g/mol. The molecule has 0 aliphatic heterocycles. The number of fused-ring (bicyclic) bond motifs is 1. The van der Waals surface area contributed by atoms with Gasteiger partial charge in [0.1, 0.15) is 17.1 Å². The predicted molar refractivity (Wildman–Crippen MR) is 120 cm³/mol. The van der Waals surface area contributed by atoms with E-state index < -0.39 is 12.1 Å². The zero-order valence-electron chi connectivity index (χ0n) is 18.1. The molecule has 0 saturated carbocycles. The Morgan fingerprint density at radius 3 is 2.74 bits per heavy atom. The van der Waals surface area contributed by atoms with Gasteiger partial charge in [0.2, 0.25) is 5.82 Å². The number of hydrogen-bond acceptors (Lipinski definition) is 6. The number of imidazole rings is 1. The van der Waals surface area contributed by atoms with Gasteiger partial charge in [0, 0.05) is 23.0 Å². The van der Waals surface area contributed by atoms with E-state index in [0.717, 1.165) is 5.56 Å². The lowest BCUT2D eigenvalue weighted by Crippen LogP contribution is -2.17. The van der Waals surface area contributed by atoms with E-state index in [1.54, 1.807) is 40.9 Å². The second-order valence-electron chi connectivity index (χ2n) is 7.55. The van der Waals surface area contributed by atoms with Gasteiger partial charge in [-0.15, -0.1) is 13.2 Å². The first-order valence-corrected chi connectivity index (χ1v) is 10.3. The first-order valence-electron chi connectivity index (χ1n) is 10.3. The molecule has 0 aliphatic rings. The SMILES string of the molecule is Cc1ccc(-c2nc(-c3cccc(OC(F)(F)F)c3)no2)cc1NC(=O)c1cnc2ccccn12. The molecule has 2 aromatic carbocycles. The van der Waals surface area contributed by atoms with Crippen LogP contribution in [0.25, 0.3) is 28.5 Å². The molecule has 5 aromatic rings. The normalized spacial score (nSPS) is 11.5. The number of carbonyl (C=O) groups excluding carboxylic acids is 1. The molecule has 11 heteroatoms. The summed E-state index contributed by atoms with van der Waals surface area (Å²) in [5.74, 6) is -0.525. The van der Waals surface area contributed by atoms with Gasteiger partial charge in [-0.05, 0) is 48.9 Å². The number of hydrogen-bond donors (Lipinski definition) is 1. The van der Waals surface area contributed by atoms with Crippen LogP contribution >= 0.6 is 0 Å². The molecule has 3 heterocycles. The van der Waals surface area contributed by atoms with Crippen molar-refractivity contribution in [1.29, 1.82) is 0 Å². The van der Waals surface area contributed by atoms with E-state index in [9.17, 15) is 18.0 Å². The molecule has 0 saturated heterocycles. The maximum atomic E-state index is 12.9. The molecule has 1 amide bonds. The highest BCUT2D eigenvalue weighted by Crippen LogP contribution is 2.29. The summed E-state index contributed by atoms with van der Waals surface area (Å²) in [6.45, 7) is 1.83. The van der Waals surface area contributed by atoms with E-state index in [1.807, 2.05) is 13.0 Å². The lowest BCUT2D eigenvalue weighted by atomic mass is 10.1. The first-order chi connectivity index (χ1) is 16.8. The molecule has 0 fully saturated rings. The summed E-state index contributed by atoms with van der Waals surface area (Å²) in [7, 11) is 0. The second-order valence-corrected chi connectivity index (χ2v) is 7.55. The number of ether oxygens (including phenoxy) is 1. The highest BCUT2D eigenvalue weighted by molar-refractivity contribution is 6.04. The fraction of sp³-hybridized carbons (Fsp3) is 0.0833. The quantitative estimate of drug-likeness (QED) is 0.357. The summed E-state index contributed by atoms with van der Waals surface area (Å²) in [5.41, 5.74) is 3.14. The number of halogens is 3. The molecular formula is C24H16F3N5O3. The number of aryl methyl sites for hydroxylation is 1. The van der Waals surface area contributed by atoms with Crippen LogP contribution in [0.3, 0.4) is 0 Å². The predicted octanol–water partition coefficient (Wildman–Crippen LogP) is 5.51. The van der Waals surface area contributed by atoms with E-state index in [4.69, 9.17) is 4.52 Å². The van der Waals surface area contributed by atoms with Crippen molar-refractivity contribution in [2.75, 3.05) is 5.32 Å². The summed E-state index contributed by atoms with van der Waals surface area (Å²) < 4.78 is 48.5. The van der Waals surface area contributed by atoms with Gasteiger partial charge in [-0.3, -0.25) is 9.20 Å². The Balaban J connectivity index is 1.40. The zero-order chi connectivity index (χ0) is 24.6. The Hall–Kier alpha value is -4.67. The fourth-order valence-corrected chi connectivity index (χ4v) is 3.47. The van der Waals surface area contributed by atoms with Gasteiger partial charge < -0.3 is 14.6 Å². The molecule has 8 nitrogen and oxygen atoms in total. The minimum atomic E-state index is -4.81. The molecular weight excluding hydrogens is 463 g/mol. The minimum absolute atomic E-state index is 0.0875. The summed E-state index contributed by atoms with van der Waals surface area (Å²) in [5, 5.41) is 6.74. The Morgan fingerprint density at radius 2 is 1.91 bits per heavy atom. The number of amides is 1. The van der Waals surface area contributed by atoms with Gasteiger partial charge in [0.05, 0.1) is 6.20 Å². The van der Waals surface area contributed by atoms with Crippen LogP contribution in [0, 0.1) is 6.92 Å². The molecule has 0 spiro atoms. The van der Waals surface area contributed by atoms with Gasteiger partial charge in [0.15, 0.2) is 0 Å². The van der Waals surface area contributed by atoms with Crippen molar-refractivity contribution in [3.8, 4) is 28.6 Å². The number of nitrogens with one attached hydrogen (secondary N) is 1. The smallest absolute Gasteiger partial charge is 0.406 e. The van der Waals surface area contributed by atoms with Crippen LogP contribution < -0.4 is 10.1 Å². The van der Waals surface area contributed by atoms with Gasteiger partial charge in [-0.1, -0.05) is 29.4 Å². The molecule has 0 aliphatic carbocycles. The minimum Gasteiger partial charge on any atom is -0.406 e. The third-order valence-corrected chi connectivity index (χ3v) is 5.13. The van der Waals surface area contributed by atoms with Gasteiger partial charge in [-0.25, -0.2) is 4.98 Å². The van der Waals surface area contributed by atoms with Crippen molar-refractivity contribution in [1.82, 2.24) is 19.5 Å². The van der Waals surface area contributed by atoms with Gasteiger partial charge >= 0.3 is 6.36 Å². The summed E-state index contributed by atoms with van der Waals surface area (Å²) in [6, 6.07) is 15.9. The Bertz CT molecular complexity index is 1540. The van der Waals surface area contributed by atoms with Crippen molar-refractivity contribution in [2.24, 2.45) is 0 Å². The van der Waals surface area contributed by atoms with E-state index in [2.05, 4.69) is 25.2 Å². The maximum absolute atomic E-state index is 12.9. The van der Waals surface area contributed by atoms with Crippen molar-refractivity contribution >= 4 is 17.2 Å². The number of pyridine rings is 1. The zero-order valence-corrected chi connectivity index (χ0v) is 18.1. The van der Waals surface area contributed by atoms with E-state index >= 15 is 0 Å². The van der Waals surface area contributed by atoms with Gasteiger partial charge in [0.25, 0.3) is 11.8 Å². The topological polar surface area (TPSA) is 94.5 Å². The molecule has 0 unspecified atom stereocenters. The molecule has 176 valence electrons. The maximum Gasteiger partial charge on any atom is 0.573 e. The number of aromatic nitrogens is 4. The Morgan fingerprint density at radius 1 is 1.06 bits per heavy atom. The number of alkyl halides is 3. The van der Waals surface area contributed by atoms with Crippen LogP contribution in [-0.2, 0) is 0 Å². The second kappa shape index (κ2) is 8.60. The van der Waals surface area contributed by atoms with E-state index in [1.165, 1.54) is 30.5 Å². The van der Waals surface area contributed by atoms with Crippen LogP contribution in [0.1, 0.15) is 16.1 Å². The average Bonchev–Trinajstić information content (AvgIpc) is 3.47. The fourth-order valence-electron chi connectivity index (χ4n) is 3.47. The molecule has 0 radical (unpaired) electrons. The highest BCUT2D eigenvalue weighted by Gasteiger charge is 2.31. The molecule has 3 aromatic heterocycles. The molecule has 5 rings (SSSR count). The number of anilines is 1. The summed E-state index contributed by atoms with van der Waals surface area (Å²) in [4.78, 5) is 21.4. The highest BCUT2D eigenvalue weighted by atomic mass is 19.4. The van der Waals surface area contributed by atoms with Crippen molar-refractivity contribution < 1.29 is 27.2 Å². The Labute approximate surface area is 196 Å². The summed E-state index contributed by atoms with van der Waals surface area (Å²) in [6.07, 6.45) is -1.58. The summed E-state index contributed by atoms with van der Waals surface area (Å²) >= 11 is 0. The number of nitrogens with zero attached hydrogens (tertiary/aromatic N) is 4. The monoisotopic (exact) mass is 479 g/mol. The van der Waals surface area contributed by atoms with Crippen LogP contribution in [0.4, 0.5) is 18.9 Å². The van der Waals surface area contributed by atoms with Crippen LogP contribution in [0.2, 0.25) is 0 Å². The lowest BCUT2D eigenvalue weighted by molar-refractivity contribution is -0.274. The number of benzene rings is 2. The first kappa shape index (κ1) is 22.1. The largest absolute Gasteiger partial charge is 0.573 e. The Kier molecular flexibility index (Phi) is 5.44. The van der Waals surface area contributed by atoms with E-state index in [0.29, 0.717) is 22.6 Å². The van der Waals surface area contributed by atoms with Crippen molar-refractivity contribution in [3.63, 3.8) is 0 Å². The van der Waals surface area contributed by atoms with Gasteiger partial charge in [-0.2, -0.15) is 4.98 Å². The number of carbonyl (C=O) groups is 1. The van der Waals surface area contributed by atoms with E-state index in [-0.39, 0.29) is 23.2 Å². The van der Waals surface area contributed by atoms with Crippen LogP contribution in [0.5, 0.6) is 5.75 Å².